The van der Waals surface area contributed by atoms with E-state index in [4.69, 9.17) is 4.74 Å². The number of rotatable bonds is 5. The second-order valence-corrected chi connectivity index (χ2v) is 7.06. The molecular weight excluding hydrogens is 292 g/mol. The zero-order valence-corrected chi connectivity index (χ0v) is 13.1. The highest BCUT2D eigenvalue weighted by atomic mass is 32.2. The van der Waals surface area contributed by atoms with Gasteiger partial charge in [-0.3, -0.25) is 4.79 Å². The average Bonchev–Trinajstić information content (AvgIpc) is 2.54. The number of anilines is 1. The van der Waals surface area contributed by atoms with Gasteiger partial charge in [0, 0.05) is 26.2 Å². The number of nitrogens with zero attached hydrogens (tertiary/aromatic N) is 2. The van der Waals surface area contributed by atoms with Gasteiger partial charge in [0.15, 0.2) is 6.29 Å². The summed E-state index contributed by atoms with van der Waals surface area (Å²) in [5.41, 5.74) is 1.30. The van der Waals surface area contributed by atoms with Crippen LogP contribution in [0.25, 0.3) is 0 Å². The molecule has 0 radical (unpaired) electrons. The minimum absolute atomic E-state index is 0.117. The number of piperazine rings is 1. The number of carbonyl (C=O) groups excluding carboxylic acids is 1. The van der Waals surface area contributed by atoms with E-state index in [1.165, 1.54) is 11.4 Å². The molecule has 0 bridgehead atoms. The fourth-order valence-electron chi connectivity index (χ4n) is 2.49. The average molecular weight is 312 g/mol. The van der Waals surface area contributed by atoms with Gasteiger partial charge in [-0.1, -0.05) is 6.07 Å². The molecule has 0 N–H and O–H groups in total. The van der Waals surface area contributed by atoms with Crippen molar-refractivity contribution in [3.8, 4) is 5.75 Å². The van der Waals surface area contributed by atoms with Crippen molar-refractivity contribution in [2.24, 2.45) is 0 Å². The number of carbonyl (C=O) groups is 1. The van der Waals surface area contributed by atoms with Crippen molar-refractivity contribution in [3.05, 3.63) is 23.8 Å². The number of hydrogen-bond acceptors (Lipinski definition) is 5. The first-order valence-electron chi connectivity index (χ1n) is 6.88. The molecule has 1 aromatic rings. The van der Waals surface area contributed by atoms with Crippen LogP contribution in [0.5, 0.6) is 5.75 Å². The van der Waals surface area contributed by atoms with Gasteiger partial charge in [0.25, 0.3) is 0 Å². The molecule has 7 heteroatoms. The number of aldehydes is 1. The van der Waals surface area contributed by atoms with Gasteiger partial charge in [-0.15, -0.1) is 0 Å². The van der Waals surface area contributed by atoms with Crippen molar-refractivity contribution < 1.29 is 17.9 Å². The Morgan fingerprint density at radius 2 is 1.90 bits per heavy atom. The van der Waals surface area contributed by atoms with E-state index in [1.54, 1.807) is 13.0 Å². The lowest BCUT2D eigenvalue weighted by Crippen LogP contribution is -2.49. The smallest absolute Gasteiger partial charge is 0.213 e. The van der Waals surface area contributed by atoms with Crippen molar-refractivity contribution in [1.29, 1.82) is 0 Å². The third kappa shape index (κ3) is 3.19. The predicted octanol–water partition coefficient (Wildman–Crippen LogP) is 0.979. The highest BCUT2D eigenvalue weighted by Crippen LogP contribution is 2.28. The van der Waals surface area contributed by atoms with Crippen LogP contribution in [0.3, 0.4) is 0 Å². The van der Waals surface area contributed by atoms with E-state index >= 15 is 0 Å². The van der Waals surface area contributed by atoms with Crippen LogP contribution in [0.1, 0.15) is 17.3 Å². The Bertz CT molecular complexity index is 607. The van der Waals surface area contributed by atoms with Gasteiger partial charge < -0.3 is 9.64 Å². The zero-order valence-electron chi connectivity index (χ0n) is 12.3. The van der Waals surface area contributed by atoms with Crippen LogP contribution in [-0.2, 0) is 10.0 Å². The maximum atomic E-state index is 11.9. The number of sulfonamides is 1. The van der Waals surface area contributed by atoms with Crippen molar-refractivity contribution in [2.45, 2.75) is 6.92 Å². The van der Waals surface area contributed by atoms with Gasteiger partial charge in [-0.05, 0) is 19.1 Å². The van der Waals surface area contributed by atoms with E-state index < -0.39 is 10.0 Å². The van der Waals surface area contributed by atoms with Gasteiger partial charge >= 0.3 is 0 Å². The summed E-state index contributed by atoms with van der Waals surface area (Å²) < 4.78 is 30.4. The standard InChI is InChI=1S/C14H20N2O4S/c1-3-21(18,19)16-9-7-15(8-10-16)13-5-4-6-14(20-2)12(13)11-17/h4-6,11H,3,7-10H2,1-2H3. The number of ether oxygens (including phenoxy) is 1. The maximum absolute atomic E-state index is 11.9. The zero-order chi connectivity index (χ0) is 15.5. The molecule has 2 rings (SSSR count). The fourth-order valence-corrected chi connectivity index (χ4v) is 3.58. The summed E-state index contributed by atoms with van der Waals surface area (Å²) >= 11 is 0. The molecular formula is C14H20N2O4S. The second kappa shape index (κ2) is 6.44. The summed E-state index contributed by atoms with van der Waals surface area (Å²) in [6, 6.07) is 5.43. The van der Waals surface area contributed by atoms with Gasteiger partial charge in [0.1, 0.15) is 5.75 Å². The second-order valence-electron chi connectivity index (χ2n) is 4.80. The van der Waals surface area contributed by atoms with Crippen molar-refractivity contribution in [2.75, 3.05) is 43.9 Å². The van der Waals surface area contributed by atoms with Crippen molar-refractivity contribution in [1.82, 2.24) is 4.31 Å². The van der Waals surface area contributed by atoms with E-state index in [1.807, 2.05) is 17.0 Å². The van der Waals surface area contributed by atoms with Crippen molar-refractivity contribution >= 4 is 22.0 Å². The predicted molar refractivity (Wildman–Crippen MR) is 81.6 cm³/mol. The SMILES string of the molecule is CCS(=O)(=O)N1CCN(c2cccc(OC)c2C=O)CC1. The quantitative estimate of drug-likeness (QED) is 0.758. The third-order valence-electron chi connectivity index (χ3n) is 3.72. The molecule has 0 aromatic heterocycles. The van der Waals surface area contributed by atoms with Crippen LogP contribution in [0.4, 0.5) is 5.69 Å². The van der Waals surface area contributed by atoms with Crippen LogP contribution < -0.4 is 9.64 Å². The molecule has 1 heterocycles. The molecule has 1 aliphatic rings. The first kappa shape index (κ1) is 15.8. The first-order chi connectivity index (χ1) is 10.0. The van der Waals surface area contributed by atoms with Crippen LogP contribution >= 0.6 is 0 Å². The van der Waals surface area contributed by atoms with Gasteiger partial charge in [-0.25, -0.2) is 8.42 Å². The molecule has 0 amide bonds. The summed E-state index contributed by atoms with van der Waals surface area (Å²) in [5.74, 6) is 0.650. The molecule has 0 unspecified atom stereocenters. The third-order valence-corrected chi connectivity index (χ3v) is 5.60. The Morgan fingerprint density at radius 1 is 1.24 bits per heavy atom. The highest BCUT2D eigenvalue weighted by molar-refractivity contribution is 7.89. The first-order valence-corrected chi connectivity index (χ1v) is 8.49. The molecule has 21 heavy (non-hydrogen) atoms. The Labute approximate surface area is 125 Å². The van der Waals surface area contributed by atoms with Crippen LogP contribution in [0.2, 0.25) is 0 Å². The molecule has 1 aromatic carbocycles. The van der Waals surface area contributed by atoms with E-state index in [-0.39, 0.29) is 5.75 Å². The molecule has 116 valence electrons. The monoisotopic (exact) mass is 312 g/mol. The fraction of sp³-hybridized carbons (Fsp3) is 0.500. The number of benzene rings is 1. The Balaban J connectivity index is 2.18. The molecule has 1 aliphatic heterocycles. The number of hydrogen-bond donors (Lipinski definition) is 0. The highest BCUT2D eigenvalue weighted by Gasteiger charge is 2.26. The molecule has 0 atom stereocenters. The summed E-state index contributed by atoms with van der Waals surface area (Å²) in [4.78, 5) is 13.3. The molecule has 1 saturated heterocycles. The Kier molecular flexibility index (Phi) is 4.84. The summed E-state index contributed by atoms with van der Waals surface area (Å²) in [5, 5.41) is 0. The van der Waals surface area contributed by atoms with E-state index in [9.17, 15) is 13.2 Å². The van der Waals surface area contributed by atoms with Crippen LogP contribution in [0.15, 0.2) is 18.2 Å². The normalized spacial score (nSPS) is 16.8. The van der Waals surface area contributed by atoms with Crippen LogP contribution in [0, 0.1) is 0 Å². The van der Waals surface area contributed by atoms with Gasteiger partial charge in [0.2, 0.25) is 10.0 Å². The lowest BCUT2D eigenvalue weighted by atomic mass is 10.1. The molecule has 0 aliphatic carbocycles. The van der Waals surface area contributed by atoms with E-state index in [0.29, 0.717) is 37.5 Å². The summed E-state index contributed by atoms with van der Waals surface area (Å²) in [7, 11) is -1.62. The number of methoxy groups -OCH3 is 1. The largest absolute Gasteiger partial charge is 0.496 e. The van der Waals surface area contributed by atoms with E-state index in [0.717, 1.165) is 12.0 Å². The Morgan fingerprint density at radius 3 is 2.43 bits per heavy atom. The lowest BCUT2D eigenvalue weighted by Gasteiger charge is -2.35. The van der Waals surface area contributed by atoms with Crippen LogP contribution in [-0.4, -0.2) is 58.1 Å². The topological polar surface area (TPSA) is 66.9 Å². The summed E-state index contributed by atoms with van der Waals surface area (Å²) in [6.45, 7) is 3.64. The maximum Gasteiger partial charge on any atom is 0.213 e. The Hall–Kier alpha value is -1.60. The summed E-state index contributed by atoms with van der Waals surface area (Å²) in [6.07, 6.45) is 0.781. The van der Waals surface area contributed by atoms with Gasteiger partial charge in [-0.2, -0.15) is 4.31 Å². The molecule has 0 spiro atoms. The molecule has 1 fully saturated rings. The minimum atomic E-state index is -3.14. The minimum Gasteiger partial charge on any atom is -0.496 e. The van der Waals surface area contributed by atoms with Crippen molar-refractivity contribution in [3.63, 3.8) is 0 Å². The van der Waals surface area contributed by atoms with E-state index in [2.05, 4.69) is 0 Å². The molecule has 6 nitrogen and oxygen atoms in total. The lowest BCUT2D eigenvalue weighted by molar-refractivity contribution is 0.112. The molecule has 0 saturated carbocycles. The van der Waals surface area contributed by atoms with Gasteiger partial charge in [0.05, 0.1) is 24.1 Å².